The lowest BCUT2D eigenvalue weighted by Crippen LogP contribution is -2.10. The highest BCUT2D eigenvalue weighted by Gasteiger charge is 2.16. The van der Waals surface area contributed by atoms with E-state index in [2.05, 4.69) is 9.72 Å². The zero-order chi connectivity index (χ0) is 17.8. The third-order valence-electron chi connectivity index (χ3n) is 3.66. The Bertz CT molecular complexity index is 898. The van der Waals surface area contributed by atoms with Crippen LogP contribution in [0.5, 0.6) is 5.75 Å². The number of hydrogen-bond acceptors (Lipinski definition) is 4. The number of ether oxygens (including phenoxy) is 2. The van der Waals surface area contributed by atoms with Crippen LogP contribution in [0.1, 0.15) is 28.9 Å². The highest BCUT2D eigenvalue weighted by molar-refractivity contribution is 5.90. The molecule has 0 fully saturated rings. The molecule has 1 atom stereocenters. The Morgan fingerprint density at radius 1 is 1.08 bits per heavy atom. The molecule has 25 heavy (non-hydrogen) atoms. The molecular weight excluding hydrogens is 328 g/mol. The van der Waals surface area contributed by atoms with Crippen molar-refractivity contribution in [2.75, 3.05) is 0 Å². The van der Waals surface area contributed by atoms with Gasteiger partial charge in [-0.3, -0.25) is 4.98 Å². The van der Waals surface area contributed by atoms with Crippen molar-refractivity contribution in [2.45, 2.75) is 19.6 Å². The van der Waals surface area contributed by atoms with Crippen LogP contribution in [-0.4, -0.2) is 17.6 Å². The number of fused-ring (bicyclic) bond motifs is 1. The Hall–Kier alpha value is -3.02. The van der Waals surface area contributed by atoms with Crippen LogP contribution >= 0.6 is 0 Å². The van der Waals surface area contributed by atoms with E-state index < -0.39 is 18.7 Å². The van der Waals surface area contributed by atoms with Crippen molar-refractivity contribution in [1.82, 2.24) is 4.98 Å². The second-order valence-corrected chi connectivity index (χ2v) is 5.42. The summed E-state index contributed by atoms with van der Waals surface area (Å²) in [6, 6.07) is 15.0. The molecule has 0 saturated carbocycles. The molecule has 1 aromatic heterocycles. The molecular formula is C19H15F2NO3. The molecule has 0 aliphatic carbocycles. The van der Waals surface area contributed by atoms with Gasteiger partial charge in [0.2, 0.25) is 0 Å². The standard InChI is InChI=1S/C19H15F2NO3/c1-12(15-9-13-5-2-3-8-17(13)22-11-15)24-18(23)14-6-4-7-16(10-14)25-19(20)21/h2-12,19H,1H3/t12-/m1/s1. The molecule has 0 amide bonds. The first-order chi connectivity index (χ1) is 12.0. The largest absolute Gasteiger partial charge is 0.454 e. The monoisotopic (exact) mass is 343 g/mol. The lowest BCUT2D eigenvalue weighted by Gasteiger charge is -2.14. The summed E-state index contributed by atoms with van der Waals surface area (Å²) in [5, 5.41) is 0.940. The summed E-state index contributed by atoms with van der Waals surface area (Å²) in [6.45, 7) is -1.22. The van der Waals surface area contributed by atoms with Gasteiger partial charge in [0, 0.05) is 17.1 Å². The topological polar surface area (TPSA) is 48.4 Å². The minimum absolute atomic E-state index is 0.0931. The fourth-order valence-corrected chi connectivity index (χ4v) is 2.41. The Morgan fingerprint density at radius 2 is 1.88 bits per heavy atom. The van der Waals surface area contributed by atoms with Crippen LogP contribution in [0.3, 0.4) is 0 Å². The maximum Gasteiger partial charge on any atom is 0.387 e. The highest BCUT2D eigenvalue weighted by atomic mass is 19.3. The number of benzene rings is 2. The predicted octanol–water partition coefficient (Wildman–Crippen LogP) is 4.75. The lowest BCUT2D eigenvalue weighted by atomic mass is 10.1. The second-order valence-electron chi connectivity index (χ2n) is 5.42. The molecule has 0 aliphatic rings. The van der Waals surface area contributed by atoms with Gasteiger partial charge in [-0.1, -0.05) is 24.3 Å². The fourth-order valence-electron chi connectivity index (χ4n) is 2.41. The normalized spacial score (nSPS) is 12.2. The number of para-hydroxylation sites is 1. The molecule has 0 spiro atoms. The maximum absolute atomic E-state index is 12.3. The SMILES string of the molecule is C[C@@H](OC(=O)c1cccc(OC(F)F)c1)c1cnc2ccccc2c1. The Balaban J connectivity index is 1.75. The van der Waals surface area contributed by atoms with Crippen molar-refractivity contribution in [3.8, 4) is 5.75 Å². The molecule has 3 aromatic rings. The number of carbonyl (C=O) groups is 1. The molecule has 0 saturated heterocycles. The molecule has 2 aromatic carbocycles. The lowest BCUT2D eigenvalue weighted by molar-refractivity contribution is -0.0499. The van der Waals surface area contributed by atoms with Crippen molar-refractivity contribution in [3.05, 3.63) is 71.9 Å². The number of nitrogens with zero attached hydrogens (tertiary/aromatic N) is 1. The molecule has 0 N–H and O–H groups in total. The highest BCUT2D eigenvalue weighted by Crippen LogP contribution is 2.23. The van der Waals surface area contributed by atoms with E-state index in [4.69, 9.17) is 4.74 Å². The van der Waals surface area contributed by atoms with Gasteiger partial charge in [-0.15, -0.1) is 0 Å². The molecule has 1 heterocycles. The summed E-state index contributed by atoms with van der Waals surface area (Å²) < 4.78 is 34.2. The van der Waals surface area contributed by atoms with Gasteiger partial charge in [0.25, 0.3) is 0 Å². The first kappa shape index (κ1) is 16.8. The first-order valence-electron chi connectivity index (χ1n) is 7.63. The minimum Gasteiger partial charge on any atom is -0.454 e. The van der Waals surface area contributed by atoms with Gasteiger partial charge in [-0.05, 0) is 37.3 Å². The van der Waals surface area contributed by atoms with Crippen LogP contribution in [-0.2, 0) is 4.74 Å². The van der Waals surface area contributed by atoms with Crippen molar-refractivity contribution in [2.24, 2.45) is 0 Å². The van der Waals surface area contributed by atoms with E-state index in [1.165, 1.54) is 24.3 Å². The molecule has 128 valence electrons. The first-order valence-corrected chi connectivity index (χ1v) is 7.63. The van der Waals surface area contributed by atoms with Crippen molar-refractivity contribution >= 4 is 16.9 Å². The molecule has 0 unspecified atom stereocenters. The Kier molecular flexibility index (Phi) is 4.88. The van der Waals surface area contributed by atoms with E-state index in [0.717, 1.165) is 16.5 Å². The van der Waals surface area contributed by atoms with E-state index in [1.807, 2.05) is 30.3 Å². The van der Waals surface area contributed by atoms with Crippen LogP contribution < -0.4 is 4.74 Å². The molecule has 4 nitrogen and oxygen atoms in total. The zero-order valence-electron chi connectivity index (χ0n) is 13.4. The van der Waals surface area contributed by atoms with Gasteiger partial charge in [-0.2, -0.15) is 8.78 Å². The summed E-state index contributed by atoms with van der Waals surface area (Å²) in [6.07, 6.45) is 1.11. The van der Waals surface area contributed by atoms with Gasteiger partial charge in [0.1, 0.15) is 11.9 Å². The van der Waals surface area contributed by atoms with Crippen LogP contribution in [0.15, 0.2) is 60.8 Å². The third-order valence-corrected chi connectivity index (χ3v) is 3.66. The van der Waals surface area contributed by atoms with E-state index in [0.29, 0.717) is 0 Å². The third kappa shape index (κ3) is 4.09. The number of pyridine rings is 1. The molecule has 0 radical (unpaired) electrons. The predicted molar refractivity (Wildman–Crippen MR) is 88.6 cm³/mol. The second kappa shape index (κ2) is 7.25. The van der Waals surface area contributed by atoms with Crippen LogP contribution in [0.2, 0.25) is 0 Å². The van der Waals surface area contributed by atoms with E-state index >= 15 is 0 Å². The minimum atomic E-state index is -2.95. The average molecular weight is 343 g/mol. The summed E-state index contributed by atoms with van der Waals surface area (Å²) in [4.78, 5) is 16.6. The summed E-state index contributed by atoms with van der Waals surface area (Å²) >= 11 is 0. The number of esters is 1. The van der Waals surface area contributed by atoms with Crippen LogP contribution in [0.4, 0.5) is 8.78 Å². The average Bonchev–Trinajstić information content (AvgIpc) is 2.61. The molecule has 0 bridgehead atoms. The quantitative estimate of drug-likeness (QED) is 0.627. The van der Waals surface area contributed by atoms with Crippen molar-refractivity contribution in [1.29, 1.82) is 0 Å². The Morgan fingerprint density at radius 3 is 2.68 bits per heavy atom. The van der Waals surface area contributed by atoms with E-state index in [9.17, 15) is 13.6 Å². The van der Waals surface area contributed by atoms with Crippen LogP contribution in [0.25, 0.3) is 10.9 Å². The number of rotatable bonds is 5. The van der Waals surface area contributed by atoms with E-state index in [-0.39, 0.29) is 11.3 Å². The van der Waals surface area contributed by atoms with Gasteiger partial charge in [-0.25, -0.2) is 4.79 Å². The van der Waals surface area contributed by atoms with Gasteiger partial charge < -0.3 is 9.47 Å². The van der Waals surface area contributed by atoms with Gasteiger partial charge in [0.15, 0.2) is 0 Å². The smallest absolute Gasteiger partial charge is 0.387 e. The van der Waals surface area contributed by atoms with Crippen LogP contribution in [0, 0.1) is 0 Å². The van der Waals surface area contributed by atoms with Crippen molar-refractivity contribution in [3.63, 3.8) is 0 Å². The fraction of sp³-hybridized carbons (Fsp3) is 0.158. The van der Waals surface area contributed by atoms with E-state index in [1.54, 1.807) is 13.1 Å². The number of aromatic nitrogens is 1. The maximum atomic E-state index is 12.3. The summed E-state index contributed by atoms with van der Waals surface area (Å²) in [5.74, 6) is -0.718. The number of alkyl halides is 2. The summed E-state index contributed by atoms with van der Waals surface area (Å²) in [5.41, 5.74) is 1.73. The van der Waals surface area contributed by atoms with Gasteiger partial charge >= 0.3 is 12.6 Å². The zero-order valence-corrected chi connectivity index (χ0v) is 13.4. The molecule has 6 heteroatoms. The number of hydrogen-bond donors (Lipinski definition) is 0. The molecule has 3 rings (SSSR count). The number of halogens is 2. The number of carbonyl (C=O) groups excluding carboxylic acids is 1. The Labute approximate surface area is 143 Å². The molecule has 0 aliphatic heterocycles. The van der Waals surface area contributed by atoms with Gasteiger partial charge in [0.05, 0.1) is 11.1 Å². The summed E-state index contributed by atoms with van der Waals surface area (Å²) in [7, 11) is 0. The van der Waals surface area contributed by atoms with Crippen molar-refractivity contribution < 1.29 is 23.0 Å².